The predicted molar refractivity (Wildman–Crippen MR) is 43.3 cm³/mol. The van der Waals surface area contributed by atoms with E-state index < -0.39 is 0 Å². The molecular weight excluding hydrogens is 229 g/mol. The zero-order chi connectivity index (χ0) is 6.85. The van der Waals surface area contributed by atoms with Gasteiger partial charge in [0.05, 0.1) is 0 Å². The first-order valence-electron chi connectivity index (χ1n) is 2.82. The van der Waals surface area contributed by atoms with Crippen molar-refractivity contribution in [3.05, 3.63) is 15.5 Å². The molecule has 1 heterocycles. The van der Waals surface area contributed by atoms with Crippen molar-refractivity contribution < 1.29 is 4.52 Å². The molecule has 0 N–H and O–H groups in total. The van der Waals surface area contributed by atoms with Crippen molar-refractivity contribution in [1.29, 1.82) is 0 Å². The van der Waals surface area contributed by atoms with Gasteiger partial charge in [-0.3, -0.25) is 0 Å². The molecule has 0 fully saturated rings. The molecule has 0 atom stereocenters. The van der Waals surface area contributed by atoms with Crippen LogP contribution in [0.4, 0.5) is 0 Å². The maximum atomic E-state index is 4.97. The molecule has 0 unspecified atom stereocenters. The van der Waals surface area contributed by atoms with Crippen molar-refractivity contribution in [3.8, 4) is 0 Å². The molecule has 0 radical (unpaired) electrons. The van der Waals surface area contributed by atoms with Gasteiger partial charge in [-0.2, -0.15) is 0 Å². The van der Waals surface area contributed by atoms with Crippen LogP contribution in [0.2, 0.25) is 0 Å². The first kappa shape index (κ1) is 7.05. The van der Waals surface area contributed by atoms with Crippen LogP contribution in [0.3, 0.4) is 0 Å². The first-order valence-corrected chi connectivity index (χ1v) is 3.90. The molecule has 3 heteroatoms. The van der Waals surface area contributed by atoms with Gasteiger partial charge in [-0.1, -0.05) is 19.0 Å². The van der Waals surface area contributed by atoms with Gasteiger partial charge in [0.15, 0.2) is 0 Å². The van der Waals surface area contributed by atoms with E-state index >= 15 is 0 Å². The van der Waals surface area contributed by atoms with Crippen LogP contribution in [-0.4, -0.2) is 5.16 Å². The third-order valence-corrected chi connectivity index (χ3v) is 1.58. The second kappa shape index (κ2) is 2.68. The fraction of sp³-hybridized carbons (Fsp3) is 0.500. The van der Waals surface area contributed by atoms with Crippen molar-refractivity contribution in [1.82, 2.24) is 5.16 Å². The number of hydrogen-bond donors (Lipinski definition) is 0. The molecule has 1 rings (SSSR count). The minimum absolute atomic E-state index is 0.445. The first-order chi connectivity index (χ1) is 4.20. The fourth-order valence-corrected chi connectivity index (χ4v) is 0.944. The standard InChI is InChI=1S/C6H8INO/c1-4(2)5-3-6(7)8-9-5/h3-4H,1-2H3. The molecule has 2 nitrogen and oxygen atoms in total. The lowest BCUT2D eigenvalue weighted by Crippen LogP contribution is -1.80. The quantitative estimate of drug-likeness (QED) is 0.701. The molecule has 0 aromatic carbocycles. The summed E-state index contributed by atoms with van der Waals surface area (Å²) in [6.45, 7) is 4.16. The maximum absolute atomic E-state index is 4.97. The van der Waals surface area contributed by atoms with E-state index in [1.54, 1.807) is 0 Å². The normalized spacial score (nSPS) is 10.7. The smallest absolute Gasteiger partial charge is 0.144 e. The van der Waals surface area contributed by atoms with Crippen LogP contribution < -0.4 is 0 Å². The zero-order valence-corrected chi connectivity index (χ0v) is 7.55. The summed E-state index contributed by atoms with van der Waals surface area (Å²) < 4.78 is 5.90. The molecule has 0 aliphatic carbocycles. The largest absolute Gasteiger partial charge is 0.360 e. The monoisotopic (exact) mass is 237 g/mol. The van der Waals surface area contributed by atoms with E-state index in [0.717, 1.165) is 9.46 Å². The fourth-order valence-electron chi connectivity index (χ4n) is 0.538. The molecule has 0 aliphatic heterocycles. The van der Waals surface area contributed by atoms with Crippen molar-refractivity contribution in [2.24, 2.45) is 0 Å². The summed E-state index contributed by atoms with van der Waals surface area (Å²) in [6.07, 6.45) is 0. The van der Waals surface area contributed by atoms with Gasteiger partial charge in [-0.05, 0) is 22.6 Å². The highest BCUT2D eigenvalue weighted by Gasteiger charge is 2.04. The molecule has 0 aliphatic rings. The van der Waals surface area contributed by atoms with Gasteiger partial charge in [0.25, 0.3) is 0 Å². The van der Waals surface area contributed by atoms with E-state index in [9.17, 15) is 0 Å². The summed E-state index contributed by atoms with van der Waals surface area (Å²) in [5.74, 6) is 1.40. The molecule has 0 amide bonds. The van der Waals surface area contributed by atoms with E-state index in [1.807, 2.05) is 6.07 Å². The lowest BCUT2D eigenvalue weighted by molar-refractivity contribution is 0.368. The minimum atomic E-state index is 0.445. The second-order valence-corrected chi connectivity index (χ2v) is 3.31. The number of nitrogens with zero attached hydrogens (tertiary/aromatic N) is 1. The van der Waals surface area contributed by atoms with Crippen LogP contribution >= 0.6 is 22.6 Å². The molecule has 50 valence electrons. The average Bonchev–Trinajstić information content (AvgIpc) is 2.14. The van der Waals surface area contributed by atoms with Crippen LogP contribution in [-0.2, 0) is 0 Å². The van der Waals surface area contributed by atoms with Gasteiger partial charge in [0, 0.05) is 12.0 Å². The molecule has 0 spiro atoms. The van der Waals surface area contributed by atoms with Gasteiger partial charge in [0.2, 0.25) is 0 Å². The molecule has 1 aromatic heterocycles. The summed E-state index contributed by atoms with van der Waals surface area (Å²) >= 11 is 2.13. The van der Waals surface area contributed by atoms with Crippen molar-refractivity contribution >= 4 is 22.6 Å². The Balaban J connectivity index is 2.85. The SMILES string of the molecule is CC(C)c1cc(I)no1. The maximum Gasteiger partial charge on any atom is 0.144 e. The van der Waals surface area contributed by atoms with E-state index in [2.05, 4.69) is 41.6 Å². The lowest BCUT2D eigenvalue weighted by Gasteiger charge is -1.92. The lowest BCUT2D eigenvalue weighted by atomic mass is 10.2. The minimum Gasteiger partial charge on any atom is -0.360 e. The van der Waals surface area contributed by atoms with Crippen LogP contribution in [0.15, 0.2) is 10.6 Å². The predicted octanol–water partition coefficient (Wildman–Crippen LogP) is 2.40. The second-order valence-electron chi connectivity index (χ2n) is 2.21. The van der Waals surface area contributed by atoms with Crippen molar-refractivity contribution in [2.75, 3.05) is 0 Å². The van der Waals surface area contributed by atoms with Gasteiger partial charge in [0.1, 0.15) is 9.46 Å². The number of rotatable bonds is 1. The molecule has 0 bridgehead atoms. The molecule has 9 heavy (non-hydrogen) atoms. The Morgan fingerprint density at radius 1 is 1.67 bits per heavy atom. The summed E-state index contributed by atoms with van der Waals surface area (Å²) in [6, 6.07) is 1.95. The van der Waals surface area contributed by atoms with Crippen molar-refractivity contribution in [3.63, 3.8) is 0 Å². The Kier molecular flexibility index (Phi) is 2.10. The van der Waals surface area contributed by atoms with Crippen LogP contribution in [0.1, 0.15) is 25.5 Å². The molecule has 1 aromatic rings. The molecular formula is C6H8INO. The Morgan fingerprint density at radius 3 is 2.56 bits per heavy atom. The summed E-state index contributed by atoms with van der Waals surface area (Å²) in [7, 11) is 0. The zero-order valence-electron chi connectivity index (χ0n) is 5.39. The summed E-state index contributed by atoms with van der Waals surface area (Å²) in [5, 5.41) is 3.75. The van der Waals surface area contributed by atoms with Crippen LogP contribution in [0.25, 0.3) is 0 Å². The molecule has 0 saturated heterocycles. The molecule has 0 saturated carbocycles. The Morgan fingerprint density at radius 2 is 2.33 bits per heavy atom. The van der Waals surface area contributed by atoms with Gasteiger partial charge >= 0.3 is 0 Å². The van der Waals surface area contributed by atoms with Gasteiger partial charge in [-0.25, -0.2) is 0 Å². The van der Waals surface area contributed by atoms with E-state index in [-0.39, 0.29) is 0 Å². The van der Waals surface area contributed by atoms with Crippen LogP contribution in [0, 0.1) is 3.70 Å². The van der Waals surface area contributed by atoms with E-state index in [0.29, 0.717) is 5.92 Å². The van der Waals surface area contributed by atoms with E-state index in [1.165, 1.54) is 0 Å². The van der Waals surface area contributed by atoms with Gasteiger partial charge in [-0.15, -0.1) is 0 Å². The number of aromatic nitrogens is 1. The average molecular weight is 237 g/mol. The highest BCUT2D eigenvalue weighted by atomic mass is 127. The Bertz CT molecular complexity index is 195. The Hall–Kier alpha value is -0.0600. The number of hydrogen-bond acceptors (Lipinski definition) is 2. The Labute approximate surface area is 67.8 Å². The van der Waals surface area contributed by atoms with E-state index in [4.69, 9.17) is 4.52 Å². The van der Waals surface area contributed by atoms with Gasteiger partial charge < -0.3 is 4.52 Å². The third-order valence-electron chi connectivity index (χ3n) is 1.07. The summed E-state index contributed by atoms with van der Waals surface area (Å²) in [5.41, 5.74) is 0. The van der Waals surface area contributed by atoms with Crippen molar-refractivity contribution in [2.45, 2.75) is 19.8 Å². The third kappa shape index (κ3) is 1.67. The summed E-state index contributed by atoms with van der Waals surface area (Å²) in [4.78, 5) is 0. The topological polar surface area (TPSA) is 26.0 Å². The number of halogens is 1. The highest BCUT2D eigenvalue weighted by Crippen LogP contribution is 2.15. The van der Waals surface area contributed by atoms with Crippen LogP contribution in [0.5, 0.6) is 0 Å². The highest BCUT2D eigenvalue weighted by molar-refractivity contribution is 14.1.